The number of rotatable bonds is 8. The summed E-state index contributed by atoms with van der Waals surface area (Å²) >= 11 is 0. The van der Waals surface area contributed by atoms with E-state index in [1.54, 1.807) is 0 Å². The van der Waals surface area contributed by atoms with E-state index in [9.17, 15) is 0 Å². The molecule has 1 aliphatic carbocycles. The summed E-state index contributed by atoms with van der Waals surface area (Å²) in [6.45, 7) is 0.359. The number of aliphatic hydroxyl groups is 1. The van der Waals surface area contributed by atoms with Gasteiger partial charge in [0, 0.05) is 6.61 Å². The average Bonchev–Trinajstić information content (AvgIpc) is 2.29. The molecule has 1 heteroatoms. The first-order valence-electron chi connectivity index (χ1n) is 6.40. The van der Waals surface area contributed by atoms with Crippen LogP contribution < -0.4 is 0 Å². The van der Waals surface area contributed by atoms with E-state index in [1.807, 2.05) is 0 Å². The molecule has 0 fully saturated rings. The molecule has 0 amide bonds. The predicted octanol–water partition coefficient (Wildman–Crippen LogP) is 3.99. The summed E-state index contributed by atoms with van der Waals surface area (Å²) < 4.78 is 0. The topological polar surface area (TPSA) is 20.2 Å². The van der Waals surface area contributed by atoms with Crippen LogP contribution in [0, 0.1) is 0 Å². The molecule has 0 spiro atoms. The molecule has 1 nitrogen and oxygen atoms in total. The molecular weight excluding hydrogens is 184 g/mol. The Bertz CT molecular complexity index is 203. The van der Waals surface area contributed by atoms with E-state index >= 15 is 0 Å². The zero-order valence-electron chi connectivity index (χ0n) is 9.75. The molecule has 0 saturated heterocycles. The van der Waals surface area contributed by atoms with Gasteiger partial charge in [-0.3, -0.25) is 0 Å². The van der Waals surface area contributed by atoms with Gasteiger partial charge in [-0.25, -0.2) is 0 Å². The van der Waals surface area contributed by atoms with Gasteiger partial charge in [0.15, 0.2) is 0 Å². The molecule has 0 aromatic heterocycles. The lowest BCUT2D eigenvalue weighted by molar-refractivity contribution is 0.282. The first kappa shape index (κ1) is 12.5. The smallest absolute Gasteiger partial charge is 0.0431 e. The van der Waals surface area contributed by atoms with Crippen molar-refractivity contribution in [2.45, 2.75) is 57.8 Å². The van der Waals surface area contributed by atoms with Gasteiger partial charge in [-0.1, -0.05) is 49.5 Å². The van der Waals surface area contributed by atoms with Crippen molar-refractivity contribution in [2.75, 3.05) is 6.61 Å². The van der Waals surface area contributed by atoms with E-state index in [2.05, 4.69) is 18.2 Å². The van der Waals surface area contributed by atoms with Crippen molar-refractivity contribution in [3.8, 4) is 0 Å². The van der Waals surface area contributed by atoms with Gasteiger partial charge < -0.3 is 5.11 Å². The molecule has 0 saturated carbocycles. The Morgan fingerprint density at radius 1 is 0.933 bits per heavy atom. The van der Waals surface area contributed by atoms with Crippen molar-refractivity contribution in [3.63, 3.8) is 0 Å². The Morgan fingerprint density at radius 2 is 1.67 bits per heavy atom. The van der Waals surface area contributed by atoms with Crippen LogP contribution >= 0.6 is 0 Å². The summed E-state index contributed by atoms with van der Waals surface area (Å²) in [4.78, 5) is 0. The van der Waals surface area contributed by atoms with Gasteiger partial charge >= 0.3 is 0 Å². The fourth-order valence-electron chi connectivity index (χ4n) is 2.00. The van der Waals surface area contributed by atoms with Crippen LogP contribution in [0.1, 0.15) is 57.8 Å². The molecule has 15 heavy (non-hydrogen) atoms. The number of hydrogen-bond donors (Lipinski definition) is 1. The zero-order valence-corrected chi connectivity index (χ0v) is 9.75. The monoisotopic (exact) mass is 208 g/mol. The molecule has 0 heterocycles. The normalized spacial score (nSPS) is 15.4. The summed E-state index contributed by atoms with van der Waals surface area (Å²) in [7, 11) is 0. The third kappa shape index (κ3) is 6.51. The molecule has 0 aromatic rings. The van der Waals surface area contributed by atoms with Crippen molar-refractivity contribution in [2.24, 2.45) is 0 Å². The van der Waals surface area contributed by atoms with Crippen molar-refractivity contribution in [1.29, 1.82) is 0 Å². The maximum atomic E-state index is 8.62. The van der Waals surface area contributed by atoms with Gasteiger partial charge in [0.1, 0.15) is 0 Å². The van der Waals surface area contributed by atoms with Crippen LogP contribution in [0.4, 0.5) is 0 Å². The quantitative estimate of drug-likeness (QED) is 0.598. The number of aliphatic hydroxyl groups excluding tert-OH is 1. The molecule has 0 aliphatic heterocycles. The van der Waals surface area contributed by atoms with Crippen LogP contribution in [-0.4, -0.2) is 11.7 Å². The van der Waals surface area contributed by atoms with Crippen LogP contribution in [0.5, 0.6) is 0 Å². The molecule has 0 bridgehead atoms. The Kier molecular flexibility index (Phi) is 7.28. The van der Waals surface area contributed by atoms with Gasteiger partial charge in [-0.2, -0.15) is 0 Å². The van der Waals surface area contributed by atoms with E-state index in [4.69, 9.17) is 5.11 Å². The molecule has 1 aliphatic rings. The van der Waals surface area contributed by atoms with Crippen LogP contribution in [0.3, 0.4) is 0 Å². The van der Waals surface area contributed by atoms with Crippen molar-refractivity contribution in [1.82, 2.24) is 0 Å². The van der Waals surface area contributed by atoms with Gasteiger partial charge in [-0.15, -0.1) is 0 Å². The highest BCUT2D eigenvalue weighted by molar-refractivity contribution is 5.21. The third-order valence-electron chi connectivity index (χ3n) is 2.95. The fraction of sp³-hybridized carbons (Fsp3) is 0.714. The van der Waals surface area contributed by atoms with Crippen molar-refractivity contribution < 1.29 is 5.11 Å². The van der Waals surface area contributed by atoms with Crippen LogP contribution in [0.15, 0.2) is 23.8 Å². The molecular formula is C14H24O. The van der Waals surface area contributed by atoms with E-state index in [-0.39, 0.29) is 0 Å². The molecule has 1 rings (SSSR count). The van der Waals surface area contributed by atoms with E-state index in [0.29, 0.717) is 6.61 Å². The number of allylic oxidation sites excluding steroid dienone is 4. The Morgan fingerprint density at radius 3 is 2.33 bits per heavy atom. The standard InChI is InChI=1S/C14H24O/c15-13-9-4-2-1-3-6-10-14-11-7-5-8-12-14/h7,11-12,15H,1-6,8-10,13H2. The van der Waals surface area contributed by atoms with Crippen LogP contribution in [-0.2, 0) is 0 Å². The van der Waals surface area contributed by atoms with Crippen LogP contribution in [0.2, 0.25) is 0 Å². The molecule has 86 valence electrons. The minimum atomic E-state index is 0.359. The van der Waals surface area contributed by atoms with Gasteiger partial charge in [-0.05, 0) is 32.1 Å². The minimum absolute atomic E-state index is 0.359. The Balaban J connectivity index is 1.88. The van der Waals surface area contributed by atoms with Gasteiger partial charge in [0.2, 0.25) is 0 Å². The lowest BCUT2D eigenvalue weighted by Crippen LogP contribution is -1.87. The summed E-state index contributed by atoms with van der Waals surface area (Å²) in [6, 6.07) is 0. The second-order valence-electron chi connectivity index (χ2n) is 4.35. The maximum absolute atomic E-state index is 8.62. The molecule has 0 aromatic carbocycles. The van der Waals surface area contributed by atoms with E-state index < -0.39 is 0 Å². The third-order valence-corrected chi connectivity index (χ3v) is 2.95. The van der Waals surface area contributed by atoms with E-state index in [1.165, 1.54) is 56.9 Å². The summed E-state index contributed by atoms with van der Waals surface area (Å²) in [6.07, 6.45) is 18.1. The average molecular weight is 208 g/mol. The number of hydrogen-bond acceptors (Lipinski definition) is 1. The number of unbranched alkanes of at least 4 members (excludes halogenated alkanes) is 5. The largest absolute Gasteiger partial charge is 0.396 e. The minimum Gasteiger partial charge on any atom is -0.396 e. The van der Waals surface area contributed by atoms with Gasteiger partial charge in [0.25, 0.3) is 0 Å². The molecule has 0 unspecified atom stereocenters. The first-order valence-corrected chi connectivity index (χ1v) is 6.40. The van der Waals surface area contributed by atoms with Crippen molar-refractivity contribution >= 4 is 0 Å². The highest BCUT2D eigenvalue weighted by Crippen LogP contribution is 2.17. The summed E-state index contributed by atoms with van der Waals surface area (Å²) in [5.74, 6) is 0. The SMILES string of the molecule is OCCCCCCCCC1=CCCC=C1. The van der Waals surface area contributed by atoms with Crippen LogP contribution in [0.25, 0.3) is 0 Å². The van der Waals surface area contributed by atoms with E-state index in [0.717, 1.165) is 6.42 Å². The Labute approximate surface area is 93.9 Å². The summed E-state index contributed by atoms with van der Waals surface area (Å²) in [5, 5.41) is 8.62. The summed E-state index contributed by atoms with van der Waals surface area (Å²) in [5.41, 5.74) is 1.54. The second kappa shape index (κ2) is 8.72. The molecule has 0 radical (unpaired) electrons. The Hall–Kier alpha value is -0.560. The fourth-order valence-corrected chi connectivity index (χ4v) is 2.00. The lowest BCUT2D eigenvalue weighted by atomic mass is 10.0. The lowest BCUT2D eigenvalue weighted by Gasteiger charge is -2.06. The maximum Gasteiger partial charge on any atom is 0.0431 e. The highest BCUT2D eigenvalue weighted by atomic mass is 16.2. The highest BCUT2D eigenvalue weighted by Gasteiger charge is 1.97. The van der Waals surface area contributed by atoms with Crippen molar-refractivity contribution in [3.05, 3.63) is 23.8 Å². The second-order valence-corrected chi connectivity index (χ2v) is 4.35. The first-order chi connectivity index (χ1) is 7.43. The predicted molar refractivity (Wildman–Crippen MR) is 65.9 cm³/mol. The molecule has 0 atom stereocenters. The zero-order chi connectivity index (χ0) is 10.8. The molecule has 1 N–H and O–H groups in total. The van der Waals surface area contributed by atoms with Gasteiger partial charge in [0.05, 0.1) is 0 Å².